The van der Waals surface area contributed by atoms with Crippen LogP contribution in [0.25, 0.3) is 0 Å². The average molecular weight is 370 g/mol. The van der Waals surface area contributed by atoms with E-state index in [9.17, 15) is 9.59 Å². The normalized spacial score (nSPS) is 13.8. The Morgan fingerprint density at radius 1 is 0.944 bits per heavy atom. The zero-order valence-electron chi connectivity index (χ0n) is 11.4. The Bertz CT molecular complexity index is 255. The van der Waals surface area contributed by atoms with Crippen molar-refractivity contribution in [1.82, 2.24) is 0 Å². The van der Waals surface area contributed by atoms with Gasteiger partial charge in [-0.05, 0) is 19.3 Å². The molecule has 0 fully saturated rings. The second kappa shape index (κ2) is 10.6. The second-order valence-electron chi connectivity index (χ2n) is 4.13. The predicted octanol–water partition coefficient (Wildman–Crippen LogP) is 3.11. The highest BCUT2D eigenvalue weighted by atomic mass is 127. The molecular weight excluding hydrogens is 347 g/mol. The lowest BCUT2D eigenvalue weighted by molar-refractivity contribution is -0.154. The number of carbonyl (C=O) groups excluding carboxylic acids is 2. The molecule has 5 heteroatoms. The van der Waals surface area contributed by atoms with E-state index in [1.165, 1.54) is 0 Å². The Labute approximate surface area is 123 Å². The lowest BCUT2D eigenvalue weighted by atomic mass is 10.00. The first-order chi connectivity index (χ1) is 8.58. The van der Waals surface area contributed by atoms with Crippen molar-refractivity contribution in [2.45, 2.75) is 50.4 Å². The van der Waals surface area contributed by atoms with Crippen LogP contribution in [0.4, 0.5) is 0 Å². The van der Waals surface area contributed by atoms with Gasteiger partial charge in [-0.2, -0.15) is 0 Å². The molecule has 0 N–H and O–H groups in total. The van der Waals surface area contributed by atoms with Gasteiger partial charge in [0.15, 0.2) is 0 Å². The Hall–Kier alpha value is -0.330. The molecule has 0 aromatic carbocycles. The summed E-state index contributed by atoms with van der Waals surface area (Å²) in [6, 6.07) is 0. The minimum absolute atomic E-state index is 0.286. The molecule has 0 aromatic rings. The SMILES string of the molecule is CCCOC(=O)C(I)C(CCC)C(=O)OCCC. The van der Waals surface area contributed by atoms with Crippen molar-refractivity contribution in [2.75, 3.05) is 13.2 Å². The summed E-state index contributed by atoms with van der Waals surface area (Å²) in [6.07, 6.45) is 3.06. The number of halogens is 1. The zero-order chi connectivity index (χ0) is 14.0. The molecule has 106 valence electrons. The smallest absolute Gasteiger partial charge is 0.319 e. The van der Waals surface area contributed by atoms with Gasteiger partial charge in [-0.25, -0.2) is 0 Å². The van der Waals surface area contributed by atoms with Crippen molar-refractivity contribution < 1.29 is 19.1 Å². The van der Waals surface area contributed by atoms with E-state index in [2.05, 4.69) is 0 Å². The number of hydrogen-bond acceptors (Lipinski definition) is 4. The minimum atomic E-state index is -0.460. The topological polar surface area (TPSA) is 52.6 Å². The number of esters is 2. The maximum Gasteiger partial charge on any atom is 0.319 e. The van der Waals surface area contributed by atoms with E-state index in [0.717, 1.165) is 19.3 Å². The average Bonchev–Trinajstić information content (AvgIpc) is 2.38. The van der Waals surface area contributed by atoms with E-state index < -0.39 is 9.84 Å². The second-order valence-corrected chi connectivity index (χ2v) is 5.47. The summed E-state index contributed by atoms with van der Waals surface area (Å²) in [5, 5.41) is 0. The third-order valence-electron chi connectivity index (χ3n) is 2.38. The van der Waals surface area contributed by atoms with Gasteiger partial charge in [0.05, 0.1) is 19.1 Å². The maximum atomic E-state index is 11.9. The van der Waals surface area contributed by atoms with Gasteiger partial charge in [0.25, 0.3) is 0 Å². The monoisotopic (exact) mass is 370 g/mol. The summed E-state index contributed by atoms with van der Waals surface area (Å²) in [5.74, 6) is -0.998. The largest absolute Gasteiger partial charge is 0.465 e. The fourth-order valence-corrected chi connectivity index (χ4v) is 2.28. The molecule has 2 atom stereocenters. The summed E-state index contributed by atoms with van der Waals surface area (Å²) in [6.45, 7) is 6.68. The molecule has 0 bridgehead atoms. The van der Waals surface area contributed by atoms with Crippen LogP contribution in [-0.4, -0.2) is 29.1 Å². The van der Waals surface area contributed by atoms with Gasteiger partial charge < -0.3 is 9.47 Å². The number of hydrogen-bond donors (Lipinski definition) is 0. The van der Waals surface area contributed by atoms with Gasteiger partial charge in [0.2, 0.25) is 0 Å². The molecule has 0 aliphatic rings. The molecule has 0 amide bonds. The standard InChI is InChI=1S/C13H23IO4/c1-4-7-10(12(15)17-8-5-2)11(14)13(16)18-9-6-3/h10-11H,4-9H2,1-3H3. The number of ether oxygens (including phenoxy) is 2. The van der Waals surface area contributed by atoms with E-state index in [1.54, 1.807) is 0 Å². The summed E-state index contributed by atoms with van der Waals surface area (Å²) in [5.41, 5.74) is 0. The van der Waals surface area contributed by atoms with Gasteiger partial charge in [-0.3, -0.25) is 9.59 Å². The van der Waals surface area contributed by atoms with Crippen molar-refractivity contribution >= 4 is 34.5 Å². The highest BCUT2D eigenvalue weighted by Gasteiger charge is 2.33. The van der Waals surface area contributed by atoms with Crippen LogP contribution in [0.5, 0.6) is 0 Å². The highest BCUT2D eigenvalue weighted by molar-refractivity contribution is 14.1. The molecule has 0 saturated carbocycles. The van der Waals surface area contributed by atoms with E-state index in [0.29, 0.717) is 19.6 Å². The van der Waals surface area contributed by atoms with Crippen LogP contribution in [0.2, 0.25) is 0 Å². The lowest BCUT2D eigenvalue weighted by Crippen LogP contribution is -2.33. The molecule has 0 heterocycles. The van der Waals surface area contributed by atoms with Crippen molar-refractivity contribution in [2.24, 2.45) is 5.92 Å². The van der Waals surface area contributed by atoms with Crippen LogP contribution < -0.4 is 0 Å². The van der Waals surface area contributed by atoms with E-state index in [-0.39, 0.29) is 11.9 Å². The fourth-order valence-electron chi connectivity index (χ4n) is 1.45. The quantitative estimate of drug-likeness (QED) is 0.356. The van der Waals surface area contributed by atoms with Crippen LogP contribution >= 0.6 is 22.6 Å². The Balaban J connectivity index is 4.46. The zero-order valence-corrected chi connectivity index (χ0v) is 13.6. The van der Waals surface area contributed by atoms with Crippen molar-refractivity contribution in [1.29, 1.82) is 0 Å². The first-order valence-corrected chi connectivity index (χ1v) is 7.80. The molecule has 0 aromatic heterocycles. The first-order valence-electron chi connectivity index (χ1n) is 6.55. The first kappa shape index (κ1) is 17.7. The van der Waals surface area contributed by atoms with E-state index in [4.69, 9.17) is 9.47 Å². The molecule has 0 saturated heterocycles. The van der Waals surface area contributed by atoms with Crippen LogP contribution in [0.15, 0.2) is 0 Å². The molecule has 0 aliphatic heterocycles. The van der Waals surface area contributed by atoms with Crippen molar-refractivity contribution in [3.8, 4) is 0 Å². The Morgan fingerprint density at radius 2 is 1.44 bits per heavy atom. The third-order valence-corrected chi connectivity index (χ3v) is 3.75. The summed E-state index contributed by atoms with van der Waals surface area (Å²) >= 11 is 1.98. The predicted molar refractivity (Wildman–Crippen MR) is 78.7 cm³/mol. The molecule has 4 nitrogen and oxygen atoms in total. The molecule has 2 unspecified atom stereocenters. The molecule has 18 heavy (non-hydrogen) atoms. The van der Waals surface area contributed by atoms with Gasteiger partial charge in [0.1, 0.15) is 3.92 Å². The molecule has 0 aliphatic carbocycles. The summed E-state index contributed by atoms with van der Waals surface area (Å²) < 4.78 is 9.75. The van der Waals surface area contributed by atoms with Crippen LogP contribution in [-0.2, 0) is 19.1 Å². The highest BCUT2D eigenvalue weighted by Crippen LogP contribution is 2.22. The molecule has 0 spiro atoms. The summed E-state index contributed by atoms with van der Waals surface area (Å²) in [7, 11) is 0. The number of alkyl halides is 1. The van der Waals surface area contributed by atoms with Gasteiger partial charge >= 0.3 is 11.9 Å². The van der Waals surface area contributed by atoms with Gasteiger partial charge in [-0.15, -0.1) is 0 Å². The van der Waals surface area contributed by atoms with Gasteiger partial charge in [0, 0.05) is 0 Å². The number of carbonyl (C=O) groups is 2. The Morgan fingerprint density at radius 3 is 1.89 bits per heavy atom. The van der Waals surface area contributed by atoms with Crippen LogP contribution in [0.1, 0.15) is 46.5 Å². The van der Waals surface area contributed by atoms with Crippen molar-refractivity contribution in [3.63, 3.8) is 0 Å². The van der Waals surface area contributed by atoms with E-state index in [1.807, 2.05) is 43.4 Å². The Kier molecular flexibility index (Phi) is 10.4. The van der Waals surface area contributed by atoms with Crippen molar-refractivity contribution in [3.05, 3.63) is 0 Å². The molecule has 0 radical (unpaired) electrons. The third kappa shape index (κ3) is 6.56. The number of rotatable bonds is 9. The molecule has 0 rings (SSSR count). The van der Waals surface area contributed by atoms with Gasteiger partial charge in [-0.1, -0.05) is 49.8 Å². The molecular formula is C13H23IO4. The fraction of sp³-hybridized carbons (Fsp3) is 0.846. The summed E-state index contributed by atoms with van der Waals surface area (Å²) in [4.78, 5) is 23.6. The van der Waals surface area contributed by atoms with E-state index >= 15 is 0 Å². The lowest BCUT2D eigenvalue weighted by Gasteiger charge is -2.19. The van der Waals surface area contributed by atoms with Crippen LogP contribution in [0.3, 0.4) is 0 Å². The van der Waals surface area contributed by atoms with Crippen LogP contribution in [0, 0.1) is 5.92 Å². The maximum absolute atomic E-state index is 11.9. The minimum Gasteiger partial charge on any atom is -0.465 e.